The minimum Gasteiger partial charge on any atom is -0.468 e. The number of hydrogen-bond acceptors (Lipinski definition) is 4. The maximum Gasteiger partial charge on any atom is 0.325 e. The largest absolute Gasteiger partial charge is 0.468 e. The van der Waals surface area contributed by atoms with E-state index in [1.165, 1.54) is 7.11 Å². The Morgan fingerprint density at radius 2 is 2.36 bits per heavy atom. The van der Waals surface area contributed by atoms with E-state index in [0.29, 0.717) is 19.1 Å². The van der Waals surface area contributed by atoms with E-state index in [4.69, 9.17) is 9.47 Å². The Kier molecular flexibility index (Phi) is 4.35. The first-order valence-electron chi connectivity index (χ1n) is 5.04. The molecule has 0 spiro atoms. The monoisotopic (exact) mass is 201 g/mol. The second-order valence-corrected chi connectivity index (χ2v) is 4.00. The highest BCUT2D eigenvalue weighted by Gasteiger charge is 2.30. The second-order valence-electron chi connectivity index (χ2n) is 4.00. The minimum absolute atomic E-state index is 0.189. The highest BCUT2D eigenvalue weighted by Crippen LogP contribution is 2.10. The number of ether oxygens (including phenoxy) is 2. The molecule has 1 heterocycles. The van der Waals surface area contributed by atoms with Gasteiger partial charge in [-0.2, -0.15) is 0 Å². The molecule has 4 nitrogen and oxygen atoms in total. The Bertz CT molecular complexity index is 194. The number of rotatable bonds is 3. The van der Waals surface area contributed by atoms with Gasteiger partial charge in [0.1, 0.15) is 6.04 Å². The van der Waals surface area contributed by atoms with Gasteiger partial charge in [0.25, 0.3) is 0 Å². The Hall–Kier alpha value is -0.610. The van der Waals surface area contributed by atoms with Crippen molar-refractivity contribution in [1.82, 2.24) is 4.90 Å². The molecule has 0 aliphatic carbocycles. The van der Waals surface area contributed by atoms with Crippen molar-refractivity contribution >= 4 is 5.97 Å². The lowest BCUT2D eigenvalue weighted by Crippen LogP contribution is -2.51. The first-order valence-corrected chi connectivity index (χ1v) is 5.04. The molecule has 14 heavy (non-hydrogen) atoms. The van der Waals surface area contributed by atoms with Crippen molar-refractivity contribution in [3.8, 4) is 0 Å². The zero-order valence-electron chi connectivity index (χ0n) is 9.16. The third-order valence-electron chi connectivity index (χ3n) is 2.31. The molecule has 82 valence electrons. The molecule has 0 aromatic heterocycles. The van der Waals surface area contributed by atoms with E-state index in [0.717, 1.165) is 13.1 Å². The Balaban J connectivity index is 2.54. The van der Waals surface area contributed by atoms with Crippen LogP contribution in [0.1, 0.15) is 13.8 Å². The summed E-state index contributed by atoms with van der Waals surface area (Å²) in [5.41, 5.74) is 0. The number of carbonyl (C=O) groups excluding carboxylic acids is 1. The van der Waals surface area contributed by atoms with Gasteiger partial charge in [-0.05, 0) is 5.92 Å². The lowest BCUT2D eigenvalue weighted by Gasteiger charge is -2.34. The quantitative estimate of drug-likeness (QED) is 0.624. The molecule has 1 fully saturated rings. The van der Waals surface area contributed by atoms with Crippen molar-refractivity contribution in [2.24, 2.45) is 5.92 Å². The van der Waals surface area contributed by atoms with Gasteiger partial charge in [0.2, 0.25) is 0 Å². The van der Waals surface area contributed by atoms with Crippen molar-refractivity contribution in [1.29, 1.82) is 0 Å². The van der Waals surface area contributed by atoms with Crippen LogP contribution in [0.4, 0.5) is 0 Å². The SMILES string of the molecule is COC(=O)C1COCCN1CC(C)C. The van der Waals surface area contributed by atoms with Crippen LogP contribution >= 0.6 is 0 Å². The summed E-state index contributed by atoms with van der Waals surface area (Å²) in [7, 11) is 1.42. The normalized spacial score (nSPS) is 23.9. The molecule has 1 aliphatic heterocycles. The molecule has 0 bridgehead atoms. The molecule has 1 aliphatic rings. The van der Waals surface area contributed by atoms with Gasteiger partial charge >= 0.3 is 5.97 Å². The highest BCUT2D eigenvalue weighted by molar-refractivity contribution is 5.75. The molecule has 0 saturated carbocycles. The topological polar surface area (TPSA) is 38.8 Å². The van der Waals surface area contributed by atoms with E-state index < -0.39 is 0 Å². The second kappa shape index (κ2) is 5.32. The van der Waals surface area contributed by atoms with Gasteiger partial charge < -0.3 is 9.47 Å². The Morgan fingerprint density at radius 1 is 1.64 bits per heavy atom. The summed E-state index contributed by atoms with van der Waals surface area (Å²) in [5, 5.41) is 0. The molecule has 0 amide bonds. The maximum atomic E-state index is 11.4. The summed E-state index contributed by atoms with van der Waals surface area (Å²) in [6.07, 6.45) is 0. The third kappa shape index (κ3) is 2.96. The predicted molar refractivity (Wildman–Crippen MR) is 53.0 cm³/mol. The van der Waals surface area contributed by atoms with Crippen molar-refractivity contribution < 1.29 is 14.3 Å². The fourth-order valence-electron chi connectivity index (χ4n) is 1.68. The van der Waals surface area contributed by atoms with Crippen LogP contribution in [-0.2, 0) is 14.3 Å². The van der Waals surface area contributed by atoms with Crippen molar-refractivity contribution in [2.75, 3.05) is 33.4 Å². The van der Waals surface area contributed by atoms with Gasteiger partial charge in [-0.25, -0.2) is 0 Å². The molecular weight excluding hydrogens is 182 g/mol. The van der Waals surface area contributed by atoms with E-state index in [-0.39, 0.29) is 12.0 Å². The minimum atomic E-state index is -0.212. The summed E-state index contributed by atoms with van der Waals surface area (Å²) in [6, 6.07) is -0.212. The summed E-state index contributed by atoms with van der Waals surface area (Å²) in [6.45, 7) is 7.19. The van der Waals surface area contributed by atoms with Gasteiger partial charge in [0.05, 0.1) is 20.3 Å². The standard InChI is InChI=1S/C10H19NO3/c1-8(2)6-11-4-5-14-7-9(11)10(12)13-3/h8-9H,4-7H2,1-3H3. The first-order chi connectivity index (χ1) is 6.65. The van der Waals surface area contributed by atoms with E-state index in [9.17, 15) is 4.79 Å². The predicted octanol–water partition coefficient (Wildman–Crippen LogP) is 0.516. The van der Waals surface area contributed by atoms with E-state index in [1.54, 1.807) is 0 Å². The number of hydrogen-bond donors (Lipinski definition) is 0. The molecule has 0 radical (unpaired) electrons. The summed E-state index contributed by atoms with van der Waals surface area (Å²) in [5.74, 6) is 0.366. The van der Waals surface area contributed by atoms with Crippen LogP contribution in [0.25, 0.3) is 0 Å². The average Bonchev–Trinajstić information content (AvgIpc) is 2.16. The highest BCUT2D eigenvalue weighted by atomic mass is 16.5. The Morgan fingerprint density at radius 3 is 2.93 bits per heavy atom. The number of carbonyl (C=O) groups is 1. The molecule has 4 heteroatoms. The van der Waals surface area contributed by atoms with Crippen LogP contribution in [0.5, 0.6) is 0 Å². The summed E-state index contributed by atoms with van der Waals surface area (Å²) < 4.78 is 10.0. The van der Waals surface area contributed by atoms with Crippen LogP contribution in [0, 0.1) is 5.92 Å². The summed E-state index contributed by atoms with van der Waals surface area (Å²) >= 11 is 0. The van der Waals surface area contributed by atoms with Gasteiger partial charge in [-0.1, -0.05) is 13.8 Å². The zero-order valence-corrected chi connectivity index (χ0v) is 9.16. The number of methoxy groups -OCH3 is 1. The fraction of sp³-hybridized carbons (Fsp3) is 0.900. The van der Waals surface area contributed by atoms with Crippen LogP contribution in [0.15, 0.2) is 0 Å². The smallest absolute Gasteiger partial charge is 0.325 e. The molecule has 1 saturated heterocycles. The Labute approximate surface area is 85.2 Å². The van der Waals surface area contributed by atoms with Crippen LogP contribution in [-0.4, -0.2) is 50.3 Å². The van der Waals surface area contributed by atoms with E-state index in [1.807, 2.05) is 0 Å². The van der Waals surface area contributed by atoms with Crippen LogP contribution < -0.4 is 0 Å². The number of nitrogens with zero attached hydrogens (tertiary/aromatic N) is 1. The fourth-order valence-corrected chi connectivity index (χ4v) is 1.68. The lowest BCUT2D eigenvalue weighted by atomic mass is 10.1. The van der Waals surface area contributed by atoms with Gasteiger partial charge in [0.15, 0.2) is 0 Å². The van der Waals surface area contributed by atoms with Crippen molar-refractivity contribution in [2.45, 2.75) is 19.9 Å². The van der Waals surface area contributed by atoms with Gasteiger partial charge in [-0.15, -0.1) is 0 Å². The van der Waals surface area contributed by atoms with Crippen molar-refractivity contribution in [3.63, 3.8) is 0 Å². The van der Waals surface area contributed by atoms with Gasteiger partial charge in [-0.3, -0.25) is 9.69 Å². The lowest BCUT2D eigenvalue weighted by molar-refractivity contribution is -0.153. The molecule has 0 N–H and O–H groups in total. The molecule has 1 atom stereocenters. The van der Waals surface area contributed by atoms with E-state index in [2.05, 4.69) is 18.7 Å². The van der Waals surface area contributed by atoms with Crippen LogP contribution in [0.3, 0.4) is 0 Å². The number of morpholine rings is 1. The summed E-state index contributed by atoms with van der Waals surface area (Å²) in [4.78, 5) is 13.6. The molecular formula is C10H19NO3. The van der Waals surface area contributed by atoms with Gasteiger partial charge in [0, 0.05) is 13.1 Å². The molecule has 0 aromatic rings. The van der Waals surface area contributed by atoms with Crippen molar-refractivity contribution in [3.05, 3.63) is 0 Å². The molecule has 0 aromatic carbocycles. The van der Waals surface area contributed by atoms with Crippen LogP contribution in [0.2, 0.25) is 0 Å². The number of esters is 1. The third-order valence-corrected chi connectivity index (χ3v) is 2.31. The first kappa shape index (κ1) is 11.5. The maximum absolute atomic E-state index is 11.4. The molecule has 1 unspecified atom stereocenters. The van der Waals surface area contributed by atoms with E-state index >= 15 is 0 Å². The average molecular weight is 201 g/mol. The zero-order chi connectivity index (χ0) is 10.6. The molecule has 1 rings (SSSR count).